The van der Waals surface area contributed by atoms with Crippen molar-refractivity contribution in [3.63, 3.8) is 0 Å². The van der Waals surface area contributed by atoms with Crippen LogP contribution in [-0.4, -0.2) is 19.8 Å². The molecule has 0 saturated heterocycles. The number of alkyl halides is 1. The second-order valence-corrected chi connectivity index (χ2v) is 3.43. The lowest BCUT2D eigenvalue weighted by molar-refractivity contribution is 0.289. The first kappa shape index (κ1) is 12.0. The lowest BCUT2D eigenvalue weighted by Crippen LogP contribution is -2.00. The molecule has 0 fully saturated rings. The number of halogens is 1. The highest BCUT2D eigenvalue weighted by Crippen LogP contribution is 2.13. The number of hydrogen-bond donors (Lipinski definition) is 1. The predicted octanol–water partition coefficient (Wildman–Crippen LogP) is 2.32. The van der Waals surface area contributed by atoms with Gasteiger partial charge in [-0.1, -0.05) is 12.1 Å². The van der Waals surface area contributed by atoms with E-state index in [9.17, 15) is 4.39 Å². The van der Waals surface area contributed by atoms with E-state index in [1.54, 1.807) is 0 Å². The Kier molecular flexibility index (Phi) is 5.78. The fraction of sp³-hybridized carbons (Fsp3) is 0.500. The van der Waals surface area contributed by atoms with E-state index in [0.717, 1.165) is 25.1 Å². The summed E-state index contributed by atoms with van der Waals surface area (Å²) in [6, 6.07) is 7.90. The molecule has 1 rings (SSSR count). The molecule has 0 saturated carbocycles. The Morgan fingerprint density at radius 2 is 1.87 bits per heavy atom. The van der Waals surface area contributed by atoms with Crippen LogP contribution in [0.1, 0.15) is 18.4 Å². The molecule has 0 aliphatic heterocycles. The number of aryl methyl sites for hydroxylation is 1. The molecule has 0 aromatic heterocycles. The molecule has 2 nitrogen and oxygen atoms in total. The molecule has 0 bridgehead atoms. The second-order valence-electron chi connectivity index (χ2n) is 3.43. The maximum absolute atomic E-state index is 11.8. The van der Waals surface area contributed by atoms with Crippen molar-refractivity contribution in [2.45, 2.75) is 19.3 Å². The van der Waals surface area contributed by atoms with Gasteiger partial charge in [0, 0.05) is 6.42 Å². The lowest BCUT2D eigenvalue weighted by Gasteiger charge is -2.05. The third-order valence-electron chi connectivity index (χ3n) is 2.14. The van der Waals surface area contributed by atoms with E-state index in [-0.39, 0.29) is 6.67 Å². The predicted molar refractivity (Wildman–Crippen MR) is 59.9 cm³/mol. The van der Waals surface area contributed by atoms with E-state index in [1.165, 1.54) is 5.56 Å². The third-order valence-corrected chi connectivity index (χ3v) is 2.14. The molecule has 0 atom stereocenters. The molecule has 0 aliphatic carbocycles. The number of nitrogens with two attached hydrogens (primary N) is 1. The van der Waals surface area contributed by atoms with Crippen LogP contribution < -0.4 is 10.5 Å². The van der Waals surface area contributed by atoms with Gasteiger partial charge in [0.1, 0.15) is 5.75 Å². The van der Waals surface area contributed by atoms with Gasteiger partial charge < -0.3 is 10.5 Å². The van der Waals surface area contributed by atoms with E-state index >= 15 is 0 Å². The van der Waals surface area contributed by atoms with Crippen LogP contribution in [-0.2, 0) is 6.42 Å². The second kappa shape index (κ2) is 7.23. The highest BCUT2D eigenvalue weighted by atomic mass is 19.1. The van der Waals surface area contributed by atoms with Crippen molar-refractivity contribution < 1.29 is 9.13 Å². The van der Waals surface area contributed by atoms with Crippen LogP contribution in [0.25, 0.3) is 0 Å². The molecule has 84 valence electrons. The van der Waals surface area contributed by atoms with E-state index in [4.69, 9.17) is 10.5 Å². The van der Waals surface area contributed by atoms with Crippen LogP contribution in [0.2, 0.25) is 0 Å². The first-order valence-corrected chi connectivity index (χ1v) is 5.34. The summed E-state index contributed by atoms with van der Waals surface area (Å²) < 4.78 is 17.1. The molecule has 3 heteroatoms. The Morgan fingerprint density at radius 1 is 1.13 bits per heavy atom. The number of hydrogen-bond acceptors (Lipinski definition) is 2. The van der Waals surface area contributed by atoms with Crippen LogP contribution in [0.15, 0.2) is 24.3 Å². The van der Waals surface area contributed by atoms with Gasteiger partial charge in [0.2, 0.25) is 0 Å². The van der Waals surface area contributed by atoms with Crippen LogP contribution in [0.3, 0.4) is 0 Å². The molecule has 15 heavy (non-hydrogen) atoms. The van der Waals surface area contributed by atoms with E-state index in [2.05, 4.69) is 0 Å². The molecule has 0 radical (unpaired) electrons. The quantitative estimate of drug-likeness (QED) is 0.702. The van der Waals surface area contributed by atoms with Gasteiger partial charge in [-0.05, 0) is 37.1 Å². The SMILES string of the molecule is NCCCc1ccc(OCCCF)cc1. The minimum Gasteiger partial charge on any atom is -0.494 e. The summed E-state index contributed by atoms with van der Waals surface area (Å²) in [4.78, 5) is 0. The zero-order chi connectivity index (χ0) is 10.9. The van der Waals surface area contributed by atoms with E-state index in [0.29, 0.717) is 13.0 Å². The maximum Gasteiger partial charge on any atom is 0.119 e. The zero-order valence-electron chi connectivity index (χ0n) is 8.92. The molecule has 2 N–H and O–H groups in total. The number of benzene rings is 1. The average molecular weight is 211 g/mol. The van der Waals surface area contributed by atoms with Crippen LogP contribution in [0, 0.1) is 0 Å². The highest BCUT2D eigenvalue weighted by Gasteiger charge is 1.95. The molecule has 1 aromatic rings. The molecular weight excluding hydrogens is 193 g/mol. The van der Waals surface area contributed by atoms with Crippen molar-refractivity contribution in [3.8, 4) is 5.75 Å². The Morgan fingerprint density at radius 3 is 2.47 bits per heavy atom. The number of rotatable bonds is 7. The summed E-state index contributed by atoms with van der Waals surface area (Å²) in [6.45, 7) is 0.835. The summed E-state index contributed by atoms with van der Waals surface area (Å²) >= 11 is 0. The van der Waals surface area contributed by atoms with Crippen LogP contribution in [0.5, 0.6) is 5.75 Å². The lowest BCUT2D eigenvalue weighted by atomic mass is 10.1. The van der Waals surface area contributed by atoms with Crippen molar-refractivity contribution in [3.05, 3.63) is 29.8 Å². The van der Waals surface area contributed by atoms with Crippen molar-refractivity contribution in [2.24, 2.45) is 5.73 Å². The molecule has 0 spiro atoms. The summed E-state index contributed by atoms with van der Waals surface area (Å²) in [5, 5.41) is 0. The summed E-state index contributed by atoms with van der Waals surface area (Å²) in [7, 11) is 0. The standard InChI is InChI=1S/C12H18FNO/c13-8-2-10-15-12-6-4-11(5-7-12)3-1-9-14/h4-7H,1-3,8-10,14H2. The average Bonchev–Trinajstić information content (AvgIpc) is 2.28. The largest absolute Gasteiger partial charge is 0.494 e. The molecule has 0 heterocycles. The molecule has 0 amide bonds. The van der Waals surface area contributed by atoms with Gasteiger partial charge >= 0.3 is 0 Å². The van der Waals surface area contributed by atoms with Gasteiger partial charge in [0.15, 0.2) is 0 Å². The Bertz CT molecular complexity index is 261. The minimum atomic E-state index is -0.325. The van der Waals surface area contributed by atoms with Gasteiger partial charge in [-0.25, -0.2) is 0 Å². The van der Waals surface area contributed by atoms with Crippen LogP contribution in [0.4, 0.5) is 4.39 Å². The zero-order valence-corrected chi connectivity index (χ0v) is 8.92. The first-order valence-electron chi connectivity index (χ1n) is 5.34. The smallest absolute Gasteiger partial charge is 0.119 e. The van der Waals surface area contributed by atoms with Gasteiger partial charge in [0.05, 0.1) is 13.3 Å². The molecule has 1 aromatic carbocycles. The van der Waals surface area contributed by atoms with Gasteiger partial charge in [-0.2, -0.15) is 0 Å². The monoisotopic (exact) mass is 211 g/mol. The van der Waals surface area contributed by atoms with E-state index < -0.39 is 0 Å². The fourth-order valence-electron chi connectivity index (χ4n) is 1.30. The summed E-state index contributed by atoms with van der Waals surface area (Å²) in [6.07, 6.45) is 2.46. The van der Waals surface area contributed by atoms with Gasteiger partial charge in [-0.15, -0.1) is 0 Å². The normalized spacial score (nSPS) is 10.3. The maximum atomic E-state index is 11.8. The van der Waals surface area contributed by atoms with Gasteiger partial charge in [0.25, 0.3) is 0 Å². The molecular formula is C12H18FNO. The van der Waals surface area contributed by atoms with Crippen molar-refractivity contribution in [2.75, 3.05) is 19.8 Å². The highest BCUT2D eigenvalue weighted by molar-refractivity contribution is 5.27. The van der Waals surface area contributed by atoms with E-state index in [1.807, 2.05) is 24.3 Å². The first-order chi connectivity index (χ1) is 7.36. The van der Waals surface area contributed by atoms with Crippen molar-refractivity contribution in [1.82, 2.24) is 0 Å². The molecule has 0 unspecified atom stereocenters. The Hall–Kier alpha value is -1.09. The van der Waals surface area contributed by atoms with Crippen molar-refractivity contribution >= 4 is 0 Å². The summed E-state index contributed by atoms with van der Waals surface area (Å²) in [5.74, 6) is 0.806. The minimum absolute atomic E-state index is 0.325. The van der Waals surface area contributed by atoms with Crippen molar-refractivity contribution in [1.29, 1.82) is 0 Å². The Balaban J connectivity index is 2.35. The third kappa shape index (κ3) is 4.79. The molecule has 0 aliphatic rings. The summed E-state index contributed by atoms with van der Waals surface area (Å²) in [5.41, 5.74) is 6.69. The Labute approximate surface area is 90.2 Å². The van der Waals surface area contributed by atoms with Gasteiger partial charge in [-0.3, -0.25) is 4.39 Å². The topological polar surface area (TPSA) is 35.2 Å². The fourth-order valence-corrected chi connectivity index (χ4v) is 1.30. The van der Waals surface area contributed by atoms with Crippen LogP contribution >= 0.6 is 0 Å². The number of ether oxygens (including phenoxy) is 1.